The van der Waals surface area contributed by atoms with E-state index in [1.54, 1.807) is 35.7 Å². The summed E-state index contributed by atoms with van der Waals surface area (Å²) in [5.74, 6) is -0.156. The van der Waals surface area contributed by atoms with E-state index in [0.29, 0.717) is 25.2 Å². The van der Waals surface area contributed by atoms with E-state index >= 15 is 0 Å². The zero-order valence-electron chi connectivity index (χ0n) is 13.5. The van der Waals surface area contributed by atoms with Crippen LogP contribution in [0, 0.1) is 0 Å². The molecule has 0 bridgehead atoms. The summed E-state index contributed by atoms with van der Waals surface area (Å²) in [4.78, 5) is 12.3. The Kier molecular flexibility index (Phi) is 6.56. The summed E-state index contributed by atoms with van der Waals surface area (Å²) in [5.41, 5.74) is 1.45. The highest BCUT2D eigenvalue weighted by atomic mass is 79.9. The summed E-state index contributed by atoms with van der Waals surface area (Å²) in [6, 6.07) is 8.37. The van der Waals surface area contributed by atoms with Gasteiger partial charge in [0.2, 0.25) is 10.0 Å². The lowest BCUT2D eigenvalue weighted by Gasteiger charge is -2.18. The molecule has 8 heteroatoms. The number of hydrogen-bond donors (Lipinski definition) is 1. The molecule has 0 unspecified atom stereocenters. The minimum Gasteiger partial charge on any atom is -0.348 e. The number of hydrogen-bond acceptors (Lipinski definition) is 4. The number of nitrogens with one attached hydrogen (secondary N) is 1. The normalized spacial score (nSPS) is 11.7. The van der Waals surface area contributed by atoms with Crippen molar-refractivity contribution in [2.45, 2.75) is 25.3 Å². The van der Waals surface area contributed by atoms with Crippen molar-refractivity contribution in [2.75, 3.05) is 13.1 Å². The largest absolute Gasteiger partial charge is 0.348 e. The first-order valence-corrected chi connectivity index (χ1v) is 10.6. The summed E-state index contributed by atoms with van der Waals surface area (Å²) >= 11 is 4.77. The average molecular weight is 431 g/mol. The summed E-state index contributed by atoms with van der Waals surface area (Å²) in [5, 5.41) is 4.60. The fraction of sp³-hybridized carbons (Fsp3) is 0.312. The molecule has 1 aromatic heterocycles. The maximum absolute atomic E-state index is 12.4. The van der Waals surface area contributed by atoms with Crippen molar-refractivity contribution in [3.8, 4) is 0 Å². The Morgan fingerprint density at radius 1 is 1.21 bits per heavy atom. The Morgan fingerprint density at radius 3 is 2.33 bits per heavy atom. The van der Waals surface area contributed by atoms with Gasteiger partial charge in [0.05, 0.1) is 14.2 Å². The van der Waals surface area contributed by atoms with Gasteiger partial charge < -0.3 is 5.32 Å². The molecule has 24 heavy (non-hydrogen) atoms. The van der Waals surface area contributed by atoms with Crippen LogP contribution in [0.3, 0.4) is 0 Å². The van der Waals surface area contributed by atoms with Crippen molar-refractivity contribution >= 4 is 43.2 Å². The molecule has 1 N–H and O–H groups in total. The maximum atomic E-state index is 12.4. The van der Waals surface area contributed by atoms with Crippen LogP contribution in [0.1, 0.15) is 29.8 Å². The summed E-state index contributed by atoms with van der Waals surface area (Å²) < 4.78 is 27.1. The number of thiophene rings is 1. The molecule has 1 aromatic carbocycles. The lowest BCUT2D eigenvalue weighted by Crippen LogP contribution is -2.30. The van der Waals surface area contributed by atoms with Crippen LogP contribution in [0.5, 0.6) is 0 Å². The van der Waals surface area contributed by atoms with Crippen molar-refractivity contribution in [1.82, 2.24) is 9.62 Å². The van der Waals surface area contributed by atoms with Crippen LogP contribution in [0.15, 0.2) is 44.4 Å². The SMILES string of the molecule is CCN(CC)S(=O)(=O)c1ccc(CNC(=O)c2csc(Br)c2)cc1. The van der Waals surface area contributed by atoms with E-state index in [4.69, 9.17) is 0 Å². The molecule has 0 radical (unpaired) electrons. The van der Waals surface area contributed by atoms with Crippen LogP contribution in [-0.2, 0) is 16.6 Å². The predicted molar refractivity (Wildman–Crippen MR) is 99.7 cm³/mol. The van der Waals surface area contributed by atoms with Crippen LogP contribution < -0.4 is 5.32 Å². The van der Waals surface area contributed by atoms with Gasteiger partial charge in [-0.15, -0.1) is 11.3 Å². The Bertz CT molecular complexity index is 797. The molecule has 1 heterocycles. The number of sulfonamides is 1. The zero-order valence-corrected chi connectivity index (χ0v) is 16.7. The first kappa shape index (κ1) is 19.1. The minimum atomic E-state index is -3.45. The van der Waals surface area contributed by atoms with Gasteiger partial charge in [0, 0.05) is 25.0 Å². The Labute approximate surface area is 154 Å². The summed E-state index contributed by atoms with van der Waals surface area (Å²) in [6.45, 7) is 4.85. The lowest BCUT2D eigenvalue weighted by atomic mass is 10.2. The van der Waals surface area contributed by atoms with Gasteiger partial charge >= 0.3 is 0 Å². The number of rotatable bonds is 7. The van der Waals surface area contributed by atoms with E-state index in [1.165, 1.54) is 15.6 Å². The van der Waals surface area contributed by atoms with Gasteiger partial charge in [-0.05, 0) is 39.7 Å². The third kappa shape index (κ3) is 4.44. The molecule has 0 aliphatic rings. The number of carbonyl (C=O) groups excluding carboxylic acids is 1. The van der Waals surface area contributed by atoms with Crippen LogP contribution in [0.4, 0.5) is 0 Å². The molecule has 0 aliphatic carbocycles. The van der Waals surface area contributed by atoms with Gasteiger partial charge in [-0.1, -0.05) is 26.0 Å². The Hall–Kier alpha value is -1.22. The van der Waals surface area contributed by atoms with Crippen molar-refractivity contribution < 1.29 is 13.2 Å². The number of carbonyl (C=O) groups is 1. The van der Waals surface area contributed by atoms with E-state index < -0.39 is 10.0 Å². The molecule has 1 amide bonds. The molecule has 0 saturated carbocycles. The van der Waals surface area contributed by atoms with Gasteiger partial charge in [0.25, 0.3) is 5.91 Å². The van der Waals surface area contributed by atoms with Gasteiger partial charge in [-0.3, -0.25) is 4.79 Å². The molecule has 0 aliphatic heterocycles. The standard InChI is InChI=1S/C16H19BrN2O3S2/c1-3-19(4-2)24(21,22)14-7-5-12(6-8-14)10-18-16(20)13-9-15(17)23-11-13/h5-9,11H,3-4,10H2,1-2H3,(H,18,20). The highest BCUT2D eigenvalue weighted by molar-refractivity contribution is 9.11. The molecule has 0 atom stereocenters. The second-order valence-corrected chi connectivity index (χ2v) is 9.28. The van der Waals surface area contributed by atoms with E-state index in [1.807, 2.05) is 13.8 Å². The fourth-order valence-corrected chi connectivity index (χ4v) is 4.80. The van der Waals surface area contributed by atoms with Gasteiger partial charge in [0.15, 0.2) is 0 Å². The lowest BCUT2D eigenvalue weighted by molar-refractivity contribution is 0.0951. The maximum Gasteiger partial charge on any atom is 0.252 e. The van der Waals surface area contributed by atoms with Crippen LogP contribution >= 0.6 is 27.3 Å². The molecule has 2 aromatic rings. The van der Waals surface area contributed by atoms with E-state index in [9.17, 15) is 13.2 Å². The molecule has 0 fully saturated rings. The first-order chi connectivity index (χ1) is 11.4. The van der Waals surface area contributed by atoms with Crippen LogP contribution in [0.25, 0.3) is 0 Å². The van der Waals surface area contributed by atoms with E-state index in [2.05, 4.69) is 21.2 Å². The number of amides is 1. The molecule has 2 rings (SSSR count). The van der Waals surface area contributed by atoms with Crippen molar-refractivity contribution in [2.24, 2.45) is 0 Å². The molecule has 5 nitrogen and oxygen atoms in total. The van der Waals surface area contributed by atoms with E-state index in [0.717, 1.165) is 9.35 Å². The number of benzene rings is 1. The Balaban J connectivity index is 2.03. The Morgan fingerprint density at radius 2 is 1.83 bits per heavy atom. The third-order valence-corrected chi connectivity index (χ3v) is 7.12. The second-order valence-electron chi connectivity index (χ2n) is 5.06. The number of nitrogens with zero attached hydrogens (tertiary/aromatic N) is 1. The molecule has 0 spiro atoms. The highest BCUT2D eigenvalue weighted by Gasteiger charge is 2.21. The van der Waals surface area contributed by atoms with Gasteiger partial charge in [-0.2, -0.15) is 4.31 Å². The fourth-order valence-electron chi connectivity index (χ4n) is 2.21. The van der Waals surface area contributed by atoms with Gasteiger partial charge in [0.1, 0.15) is 0 Å². The van der Waals surface area contributed by atoms with Crippen LogP contribution in [0.2, 0.25) is 0 Å². The van der Waals surface area contributed by atoms with E-state index in [-0.39, 0.29) is 10.8 Å². The first-order valence-electron chi connectivity index (χ1n) is 7.49. The zero-order chi connectivity index (χ0) is 17.7. The molecule has 0 saturated heterocycles. The van der Waals surface area contributed by atoms with Crippen molar-refractivity contribution in [1.29, 1.82) is 0 Å². The number of halogens is 1. The highest BCUT2D eigenvalue weighted by Crippen LogP contribution is 2.20. The molecular formula is C16H19BrN2O3S2. The quantitative estimate of drug-likeness (QED) is 0.730. The van der Waals surface area contributed by atoms with Gasteiger partial charge in [-0.25, -0.2) is 8.42 Å². The smallest absolute Gasteiger partial charge is 0.252 e. The molecule has 130 valence electrons. The minimum absolute atomic E-state index is 0.156. The van der Waals surface area contributed by atoms with Crippen molar-refractivity contribution in [3.05, 3.63) is 50.6 Å². The third-order valence-electron chi connectivity index (χ3n) is 3.55. The predicted octanol–water partition coefficient (Wildman–Crippen LogP) is 3.47. The second kappa shape index (κ2) is 8.24. The summed E-state index contributed by atoms with van der Waals surface area (Å²) in [6.07, 6.45) is 0. The average Bonchev–Trinajstić information content (AvgIpc) is 3.00. The monoisotopic (exact) mass is 430 g/mol. The topological polar surface area (TPSA) is 66.5 Å². The van der Waals surface area contributed by atoms with Crippen LogP contribution in [-0.4, -0.2) is 31.7 Å². The van der Waals surface area contributed by atoms with Crippen molar-refractivity contribution in [3.63, 3.8) is 0 Å². The molecular weight excluding hydrogens is 412 g/mol. The summed E-state index contributed by atoms with van der Waals surface area (Å²) in [7, 11) is -3.45.